The Bertz CT molecular complexity index is 1550. The zero-order valence-corrected chi connectivity index (χ0v) is 18.4. The van der Waals surface area contributed by atoms with Gasteiger partial charge in [-0.15, -0.1) is 0 Å². The highest BCUT2D eigenvalue weighted by Crippen LogP contribution is 2.33. The number of aromatic nitrogens is 3. The third kappa shape index (κ3) is 3.83. The first-order valence-corrected chi connectivity index (χ1v) is 11.0. The van der Waals surface area contributed by atoms with Crippen molar-refractivity contribution in [1.29, 1.82) is 0 Å². The molecule has 0 atom stereocenters. The van der Waals surface area contributed by atoms with Crippen molar-refractivity contribution in [3.8, 4) is 5.69 Å². The molecule has 0 aliphatic heterocycles. The van der Waals surface area contributed by atoms with Crippen LogP contribution in [0.1, 0.15) is 24.4 Å². The van der Waals surface area contributed by atoms with Crippen LogP contribution in [0.2, 0.25) is 0 Å². The van der Waals surface area contributed by atoms with Gasteiger partial charge in [0.15, 0.2) is 0 Å². The summed E-state index contributed by atoms with van der Waals surface area (Å²) in [4.78, 5) is 39.9. The number of para-hydroxylation sites is 1. The molecule has 9 heteroatoms. The van der Waals surface area contributed by atoms with Crippen molar-refractivity contribution in [2.45, 2.75) is 31.7 Å². The summed E-state index contributed by atoms with van der Waals surface area (Å²) in [5.74, 6) is 0. The lowest BCUT2D eigenvalue weighted by Gasteiger charge is -2.18. The van der Waals surface area contributed by atoms with Crippen LogP contribution in [0, 0.1) is 0 Å². The van der Waals surface area contributed by atoms with E-state index in [2.05, 4.69) is 5.32 Å². The number of anilines is 2. The molecule has 1 aliphatic rings. The lowest BCUT2D eigenvalue weighted by Crippen LogP contribution is -2.41. The van der Waals surface area contributed by atoms with Crippen molar-refractivity contribution in [3.63, 3.8) is 0 Å². The number of halogens is 2. The Morgan fingerprint density at radius 1 is 1.00 bits per heavy atom. The van der Waals surface area contributed by atoms with E-state index in [-0.39, 0.29) is 29.2 Å². The number of aryl methyl sites for hydroxylation is 1. The van der Waals surface area contributed by atoms with Crippen LogP contribution in [0.3, 0.4) is 0 Å². The van der Waals surface area contributed by atoms with Crippen LogP contribution in [-0.4, -0.2) is 20.1 Å². The van der Waals surface area contributed by atoms with E-state index in [9.17, 15) is 23.2 Å². The quantitative estimate of drug-likeness (QED) is 0.472. The van der Waals surface area contributed by atoms with Gasteiger partial charge in [0.1, 0.15) is 11.0 Å². The summed E-state index contributed by atoms with van der Waals surface area (Å²) in [7, 11) is 1.52. The summed E-state index contributed by atoms with van der Waals surface area (Å²) in [6.45, 7) is 0. The monoisotopic (exact) mass is 464 g/mol. The molecule has 0 unspecified atom stereocenters. The van der Waals surface area contributed by atoms with Crippen LogP contribution in [0.25, 0.3) is 16.7 Å². The number of hydrogen-bond donors (Lipinski definition) is 1. The fraction of sp³-hybridized carbons (Fsp3) is 0.240. The predicted molar refractivity (Wildman–Crippen MR) is 127 cm³/mol. The minimum Gasteiger partial charge on any atom is -0.355 e. The highest BCUT2D eigenvalue weighted by Gasteiger charge is 2.30. The van der Waals surface area contributed by atoms with E-state index in [1.165, 1.54) is 26.8 Å². The number of pyridine rings is 1. The Labute approximate surface area is 192 Å². The van der Waals surface area contributed by atoms with Gasteiger partial charge in [-0.25, -0.2) is 18.1 Å². The van der Waals surface area contributed by atoms with Gasteiger partial charge in [0.2, 0.25) is 6.43 Å². The summed E-state index contributed by atoms with van der Waals surface area (Å²) in [5.41, 5.74) is 0.612. The zero-order valence-electron chi connectivity index (χ0n) is 18.4. The second-order valence-electron chi connectivity index (χ2n) is 8.43. The highest BCUT2D eigenvalue weighted by molar-refractivity contribution is 5.91. The van der Waals surface area contributed by atoms with Crippen LogP contribution >= 0.6 is 0 Å². The SMILES string of the molecule is Cn1c(=O)cc(Nc2ccc(CC(F)F)cc2)c2c(=O)n(C3CC3)c(=O)n(-c3ccccc3)c21. The molecule has 1 N–H and O–H groups in total. The number of alkyl halides is 2. The molecule has 0 radical (unpaired) electrons. The number of hydrogen-bond acceptors (Lipinski definition) is 4. The number of fused-ring (bicyclic) bond motifs is 1. The average Bonchev–Trinajstić information content (AvgIpc) is 3.64. The summed E-state index contributed by atoms with van der Waals surface area (Å²) >= 11 is 0. The fourth-order valence-electron chi connectivity index (χ4n) is 4.18. The Kier molecular flexibility index (Phi) is 5.39. The van der Waals surface area contributed by atoms with Gasteiger partial charge in [-0.1, -0.05) is 30.3 Å². The van der Waals surface area contributed by atoms with Crippen molar-refractivity contribution >= 4 is 22.4 Å². The van der Waals surface area contributed by atoms with Crippen molar-refractivity contribution in [1.82, 2.24) is 13.7 Å². The Balaban J connectivity index is 1.76. The van der Waals surface area contributed by atoms with Gasteiger partial charge in [-0.05, 0) is 42.7 Å². The molecular formula is C25H22F2N4O3. The van der Waals surface area contributed by atoms with E-state index in [4.69, 9.17) is 0 Å². The normalized spacial score (nSPS) is 13.5. The first kappa shape index (κ1) is 21.8. The Morgan fingerprint density at radius 3 is 2.29 bits per heavy atom. The van der Waals surface area contributed by atoms with E-state index >= 15 is 0 Å². The molecule has 174 valence electrons. The molecule has 2 aromatic heterocycles. The van der Waals surface area contributed by atoms with Crippen LogP contribution in [0.5, 0.6) is 0 Å². The van der Waals surface area contributed by atoms with Crippen molar-refractivity contribution < 1.29 is 8.78 Å². The van der Waals surface area contributed by atoms with Gasteiger partial charge in [0, 0.05) is 31.3 Å². The molecule has 1 aliphatic carbocycles. The molecule has 0 bridgehead atoms. The summed E-state index contributed by atoms with van der Waals surface area (Å²) in [6, 6.07) is 16.4. The fourth-order valence-corrected chi connectivity index (χ4v) is 4.18. The maximum absolute atomic E-state index is 13.6. The van der Waals surface area contributed by atoms with Crippen molar-refractivity contribution in [2.24, 2.45) is 7.05 Å². The average molecular weight is 464 g/mol. The van der Waals surface area contributed by atoms with Gasteiger partial charge in [0.25, 0.3) is 11.1 Å². The number of benzene rings is 2. The van der Waals surface area contributed by atoms with Gasteiger partial charge < -0.3 is 5.32 Å². The molecule has 7 nitrogen and oxygen atoms in total. The summed E-state index contributed by atoms with van der Waals surface area (Å²) < 4.78 is 29.3. The second kappa shape index (κ2) is 8.40. The number of rotatable bonds is 6. The zero-order chi connectivity index (χ0) is 24.0. The van der Waals surface area contributed by atoms with Crippen molar-refractivity contribution in [3.05, 3.63) is 97.4 Å². The molecule has 1 fully saturated rings. The maximum atomic E-state index is 13.6. The molecule has 5 rings (SSSR count). The third-order valence-electron chi connectivity index (χ3n) is 6.00. The van der Waals surface area contributed by atoms with E-state index < -0.39 is 23.2 Å². The van der Waals surface area contributed by atoms with E-state index in [0.29, 0.717) is 16.9 Å². The first-order valence-electron chi connectivity index (χ1n) is 11.0. The minimum atomic E-state index is -2.45. The highest BCUT2D eigenvalue weighted by atomic mass is 19.3. The summed E-state index contributed by atoms with van der Waals surface area (Å²) in [5, 5.41) is 3.29. The lowest BCUT2D eigenvalue weighted by atomic mass is 10.1. The molecular weight excluding hydrogens is 442 g/mol. The summed E-state index contributed by atoms with van der Waals surface area (Å²) in [6.07, 6.45) is -1.34. The smallest absolute Gasteiger partial charge is 0.337 e. The molecule has 1 saturated carbocycles. The molecule has 4 aromatic rings. The van der Waals surface area contributed by atoms with Crippen LogP contribution in [0.15, 0.2) is 75.0 Å². The van der Waals surface area contributed by atoms with Crippen molar-refractivity contribution in [2.75, 3.05) is 5.32 Å². The Hall–Kier alpha value is -4.01. The van der Waals surface area contributed by atoms with Gasteiger partial charge in [-0.3, -0.25) is 18.7 Å². The second-order valence-corrected chi connectivity index (χ2v) is 8.43. The molecule has 0 saturated heterocycles. The largest absolute Gasteiger partial charge is 0.355 e. The number of nitrogens with zero attached hydrogens (tertiary/aromatic N) is 3. The molecule has 2 aromatic carbocycles. The Morgan fingerprint density at radius 2 is 1.68 bits per heavy atom. The van der Waals surface area contributed by atoms with Crippen LogP contribution < -0.4 is 22.1 Å². The topological polar surface area (TPSA) is 78.0 Å². The van der Waals surface area contributed by atoms with E-state index in [1.54, 1.807) is 48.5 Å². The van der Waals surface area contributed by atoms with Crippen LogP contribution in [0.4, 0.5) is 20.2 Å². The first-order chi connectivity index (χ1) is 16.3. The molecule has 34 heavy (non-hydrogen) atoms. The number of nitrogens with one attached hydrogen (secondary N) is 1. The molecule has 0 amide bonds. The van der Waals surface area contributed by atoms with Gasteiger partial charge >= 0.3 is 5.69 Å². The third-order valence-corrected chi connectivity index (χ3v) is 6.00. The van der Waals surface area contributed by atoms with E-state index in [1.807, 2.05) is 6.07 Å². The van der Waals surface area contributed by atoms with Crippen LogP contribution in [-0.2, 0) is 13.5 Å². The van der Waals surface area contributed by atoms with Gasteiger partial charge in [0.05, 0.1) is 11.4 Å². The predicted octanol–water partition coefficient (Wildman–Crippen LogP) is 3.74. The standard InChI is InChI=1S/C25H22F2N4O3/c1-29-21(32)14-19(28-16-9-7-15(8-10-16)13-20(26)27)22-23(29)30(17-5-3-2-4-6-17)25(34)31(24(22)33)18-11-12-18/h2-10,14,18,20,28H,11-13H2,1H3. The molecule has 0 spiro atoms. The minimum absolute atomic E-state index is 0.182. The van der Waals surface area contributed by atoms with Gasteiger partial charge in [-0.2, -0.15) is 0 Å². The molecule has 2 heterocycles. The van der Waals surface area contributed by atoms with E-state index in [0.717, 1.165) is 12.8 Å². The lowest BCUT2D eigenvalue weighted by molar-refractivity contribution is 0.149. The maximum Gasteiger partial charge on any atom is 0.337 e.